The van der Waals surface area contributed by atoms with Crippen molar-refractivity contribution in [1.29, 1.82) is 0 Å². The molecule has 0 aliphatic heterocycles. The molecule has 0 aromatic heterocycles. The van der Waals surface area contributed by atoms with Crippen LogP contribution in [0, 0.1) is 5.82 Å². The molecule has 0 aliphatic carbocycles. The fourth-order valence-corrected chi connectivity index (χ4v) is 1.97. The van der Waals surface area contributed by atoms with Crippen LogP contribution in [0.3, 0.4) is 0 Å². The Balaban J connectivity index is 2.19. The highest BCUT2D eigenvalue weighted by atomic mass is 35.5. The van der Waals surface area contributed by atoms with Crippen LogP contribution in [0.1, 0.15) is 22.8 Å². The Morgan fingerprint density at radius 2 is 1.95 bits per heavy atom. The zero-order chi connectivity index (χ0) is 15.2. The van der Waals surface area contributed by atoms with Crippen LogP contribution in [0.15, 0.2) is 36.4 Å². The minimum Gasteiger partial charge on any atom is -0.490 e. The molecule has 0 bridgehead atoms. The molecular weight excluding hydrogens is 295 g/mol. The van der Waals surface area contributed by atoms with Gasteiger partial charge in [0.15, 0.2) is 11.5 Å². The van der Waals surface area contributed by atoms with E-state index in [1.807, 2.05) is 6.92 Å². The van der Waals surface area contributed by atoms with Crippen molar-refractivity contribution in [3.05, 3.63) is 58.4 Å². The summed E-state index contributed by atoms with van der Waals surface area (Å²) in [5, 5.41) is 0.430. The monoisotopic (exact) mass is 308 g/mol. The van der Waals surface area contributed by atoms with Crippen molar-refractivity contribution in [2.45, 2.75) is 13.5 Å². The van der Waals surface area contributed by atoms with Crippen LogP contribution in [0.25, 0.3) is 0 Å². The first-order valence-corrected chi connectivity index (χ1v) is 6.80. The number of aldehydes is 1. The smallest absolute Gasteiger partial charge is 0.161 e. The van der Waals surface area contributed by atoms with Crippen LogP contribution in [-0.4, -0.2) is 12.9 Å². The summed E-state index contributed by atoms with van der Waals surface area (Å²) in [5.74, 6) is 0.566. The van der Waals surface area contributed by atoms with E-state index >= 15 is 0 Å². The van der Waals surface area contributed by atoms with Crippen LogP contribution < -0.4 is 9.47 Å². The SMILES string of the molecule is CCOc1cc(C=O)ccc1OCc1cc(F)ccc1Cl. The van der Waals surface area contributed by atoms with Crippen molar-refractivity contribution >= 4 is 17.9 Å². The molecule has 21 heavy (non-hydrogen) atoms. The van der Waals surface area contributed by atoms with Gasteiger partial charge >= 0.3 is 0 Å². The van der Waals surface area contributed by atoms with E-state index < -0.39 is 0 Å². The summed E-state index contributed by atoms with van der Waals surface area (Å²) in [6.45, 7) is 2.39. The van der Waals surface area contributed by atoms with E-state index in [0.717, 1.165) is 6.29 Å². The summed E-state index contributed by atoms with van der Waals surface area (Å²) in [4.78, 5) is 10.8. The van der Waals surface area contributed by atoms with Crippen LogP contribution in [0.4, 0.5) is 4.39 Å². The predicted molar refractivity (Wildman–Crippen MR) is 78.7 cm³/mol. The van der Waals surface area contributed by atoms with Gasteiger partial charge in [0.2, 0.25) is 0 Å². The Morgan fingerprint density at radius 1 is 1.14 bits per heavy atom. The number of carbonyl (C=O) groups excluding carboxylic acids is 1. The maximum Gasteiger partial charge on any atom is 0.161 e. The summed E-state index contributed by atoms with van der Waals surface area (Å²) < 4.78 is 24.2. The van der Waals surface area contributed by atoms with Gasteiger partial charge in [-0.05, 0) is 43.3 Å². The Labute approximate surface area is 127 Å². The second-order valence-corrected chi connectivity index (χ2v) is 4.69. The van der Waals surface area contributed by atoms with E-state index in [1.165, 1.54) is 18.2 Å². The van der Waals surface area contributed by atoms with Gasteiger partial charge in [-0.25, -0.2) is 4.39 Å². The largest absolute Gasteiger partial charge is 0.490 e. The molecular formula is C16H14ClFO3. The van der Waals surface area contributed by atoms with Crippen molar-refractivity contribution in [2.75, 3.05) is 6.61 Å². The summed E-state index contributed by atoms with van der Waals surface area (Å²) >= 11 is 5.99. The van der Waals surface area contributed by atoms with Gasteiger partial charge in [-0.1, -0.05) is 11.6 Å². The normalized spacial score (nSPS) is 10.2. The van der Waals surface area contributed by atoms with Gasteiger partial charge in [-0.2, -0.15) is 0 Å². The number of hydrogen-bond donors (Lipinski definition) is 0. The fraction of sp³-hybridized carbons (Fsp3) is 0.188. The van der Waals surface area contributed by atoms with Crippen LogP contribution >= 0.6 is 11.6 Å². The van der Waals surface area contributed by atoms with Gasteiger partial charge in [0.25, 0.3) is 0 Å². The molecule has 110 valence electrons. The molecule has 0 N–H and O–H groups in total. The van der Waals surface area contributed by atoms with E-state index in [1.54, 1.807) is 18.2 Å². The van der Waals surface area contributed by atoms with E-state index in [9.17, 15) is 9.18 Å². The van der Waals surface area contributed by atoms with E-state index in [2.05, 4.69) is 0 Å². The lowest BCUT2D eigenvalue weighted by Crippen LogP contribution is -2.01. The molecule has 0 fully saturated rings. The molecule has 0 amide bonds. The molecule has 0 saturated heterocycles. The van der Waals surface area contributed by atoms with E-state index in [-0.39, 0.29) is 12.4 Å². The fourth-order valence-electron chi connectivity index (χ4n) is 1.79. The lowest BCUT2D eigenvalue weighted by Gasteiger charge is -2.13. The van der Waals surface area contributed by atoms with Crippen LogP contribution in [0.5, 0.6) is 11.5 Å². The molecule has 0 saturated carbocycles. The molecule has 0 unspecified atom stereocenters. The number of halogens is 2. The number of rotatable bonds is 6. The number of ether oxygens (including phenoxy) is 2. The number of benzene rings is 2. The highest BCUT2D eigenvalue weighted by Crippen LogP contribution is 2.29. The molecule has 5 heteroatoms. The average Bonchev–Trinajstić information content (AvgIpc) is 2.49. The zero-order valence-electron chi connectivity index (χ0n) is 11.4. The molecule has 0 heterocycles. The van der Waals surface area contributed by atoms with E-state index in [4.69, 9.17) is 21.1 Å². The van der Waals surface area contributed by atoms with Crippen molar-refractivity contribution in [3.63, 3.8) is 0 Å². The molecule has 2 aromatic carbocycles. The van der Waals surface area contributed by atoms with Gasteiger partial charge in [-0.3, -0.25) is 4.79 Å². The number of hydrogen-bond acceptors (Lipinski definition) is 3. The zero-order valence-corrected chi connectivity index (χ0v) is 12.2. The molecule has 2 aromatic rings. The highest BCUT2D eigenvalue weighted by Gasteiger charge is 2.09. The summed E-state index contributed by atoms with van der Waals surface area (Å²) in [5.41, 5.74) is 1.04. The summed E-state index contributed by atoms with van der Waals surface area (Å²) in [6, 6.07) is 8.95. The van der Waals surface area contributed by atoms with Gasteiger partial charge < -0.3 is 9.47 Å². The average molecular weight is 309 g/mol. The maximum absolute atomic E-state index is 13.2. The van der Waals surface area contributed by atoms with Gasteiger partial charge in [-0.15, -0.1) is 0 Å². The molecule has 0 atom stereocenters. The topological polar surface area (TPSA) is 35.5 Å². The lowest BCUT2D eigenvalue weighted by atomic mass is 10.2. The predicted octanol–water partition coefficient (Wildman–Crippen LogP) is 4.27. The van der Waals surface area contributed by atoms with Crippen molar-refractivity contribution in [2.24, 2.45) is 0 Å². The van der Waals surface area contributed by atoms with Crippen LogP contribution in [0.2, 0.25) is 5.02 Å². The molecule has 3 nitrogen and oxygen atoms in total. The second kappa shape index (κ2) is 7.09. The van der Waals surface area contributed by atoms with Gasteiger partial charge in [0, 0.05) is 16.1 Å². The third-order valence-electron chi connectivity index (χ3n) is 2.79. The van der Waals surface area contributed by atoms with E-state index in [0.29, 0.717) is 34.3 Å². The van der Waals surface area contributed by atoms with Crippen molar-refractivity contribution in [1.82, 2.24) is 0 Å². The van der Waals surface area contributed by atoms with Gasteiger partial charge in [0.05, 0.1) is 6.61 Å². The third-order valence-corrected chi connectivity index (χ3v) is 3.16. The first-order valence-electron chi connectivity index (χ1n) is 6.42. The number of carbonyl (C=O) groups is 1. The Morgan fingerprint density at radius 3 is 2.67 bits per heavy atom. The Hall–Kier alpha value is -2.07. The summed E-state index contributed by atoms with van der Waals surface area (Å²) in [7, 11) is 0. The lowest BCUT2D eigenvalue weighted by molar-refractivity contribution is 0.112. The summed E-state index contributed by atoms with van der Waals surface area (Å²) in [6.07, 6.45) is 0.732. The van der Waals surface area contributed by atoms with Crippen molar-refractivity contribution in [3.8, 4) is 11.5 Å². The molecule has 2 rings (SSSR count). The van der Waals surface area contributed by atoms with Crippen molar-refractivity contribution < 1.29 is 18.7 Å². The Bertz CT molecular complexity index is 643. The highest BCUT2D eigenvalue weighted by molar-refractivity contribution is 6.31. The molecule has 0 spiro atoms. The molecule has 0 radical (unpaired) electrons. The minimum absolute atomic E-state index is 0.108. The first-order chi connectivity index (χ1) is 10.1. The maximum atomic E-state index is 13.2. The standard InChI is InChI=1S/C16H14ClFO3/c1-2-20-16-7-11(9-19)3-6-15(16)21-10-12-8-13(18)4-5-14(12)17/h3-9H,2,10H2,1H3. The minimum atomic E-state index is -0.376. The molecule has 0 aliphatic rings. The van der Waals surface area contributed by atoms with Gasteiger partial charge in [0.1, 0.15) is 18.7 Å². The third kappa shape index (κ3) is 3.95. The first kappa shape index (κ1) is 15.3. The quantitative estimate of drug-likeness (QED) is 0.748. The second-order valence-electron chi connectivity index (χ2n) is 4.28. The Kier molecular flexibility index (Phi) is 5.17. The van der Waals surface area contributed by atoms with Crippen LogP contribution in [-0.2, 0) is 6.61 Å².